The Bertz CT molecular complexity index is 348. The first-order valence-electron chi connectivity index (χ1n) is 6.16. The van der Waals surface area contributed by atoms with E-state index in [1.54, 1.807) is 0 Å². The van der Waals surface area contributed by atoms with Crippen molar-refractivity contribution in [2.24, 2.45) is 11.7 Å². The van der Waals surface area contributed by atoms with Crippen LogP contribution in [0.4, 0.5) is 5.95 Å². The molecule has 1 aromatic heterocycles. The molecule has 1 aromatic rings. The molecule has 2 heterocycles. The van der Waals surface area contributed by atoms with Crippen molar-refractivity contribution < 1.29 is 0 Å². The fourth-order valence-electron chi connectivity index (χ4n) is 2.35. The van der Waals surface area contributed by atoms with Crippen LogP contribution in [0.25, 0.3) is 0 Å². The van der Waals surface area contributed by atoms with Gasteiger partial charge in [-0.05, 0) is 19.3 Å². The van der Waals surface area contributed by atoms with Crippen LogP contribution in [0.5, 0.6) is 0 Å². The van der Waals surface area contributed by atoms with Gasteiger partial charge in [0.15, 0.2) is 0 Å². The Labute approximate surface area is 97.4 Å². The van der Waals surface area contributed by atoms with E-state index in [4.69, 9.17) is 5.73 Å². The Hall–Kier alpha value is -1.03. The summed E-state index contributed by atoms with van der Waals surface area (Å²) in [7, 11) is 0. The van der Waals surface area contributed by atoms with E-state index in [-0.39, 0.29) is 6.04 Å². The molecular weight excluding hydrogens is 200 g/mol. The van der Waals surface area contributed by atoms with Gasteiger partial charge in [0.2, 0.25) is 5.95 Å². The first kappa shape index (κ1) is 11.5. The van der Waals surface area contributed by atoms with Crippen molar-refractivity contribution in [3.8, 4) is 0 Å². The van der Waals surface area contributed by atoms with E-state index in [1.165, 1.54) is 0 Å². The predicted octanol–water partition coefficient (Wildman–Crippen LogP) is 1.38. The van der Waals surface area contributed by atoms with E-state index in [9.17, 15) is 0 Å². The van der Waals surface area contributed by atoms with Gasteiger partial charge in [-0.1, -0.05) is 13.8 Å². The normalized spacial score (nSPS) is 25.4. The SMILES string of the molecule is CCCn1cc(C)nc1N1CC(C)C(N)C1. The fourth-order valence-corrected chi connectivity index (χ4v) is 2.35. The number of nitrogens with zero attached hydrogens (tertiary/aromatic N) is 3. The van der Waals surface area contributed by atoms with Crippen LogP contribution in [0.3, 0.4) is 0 Å². The molecule has 2 N–H and O–H groups in total. The maximum absolute atomic E-state index is 6.06. The van der Waals surface area contributed by atoms with Crippen molar-refractivity contribution in [1.29, 1.82) is 0 Å². The number of aryl methyl sites for hydroxylation is 2. The Kier molecular flexibility index (Phi) is 3.19. The number of aromatic nitrogens is 2. The lowest BCUT2D eigenvalue weighted by molar-refractivity contribution is 0.565. The van der Waals surface area contributed by atoms with Crippen LogP contribution in [0.15, 0.2) is 6.20 Å². The van der Waals surface area contributed by atoms with E-state index >= 15 is 0 Å². The first-order chi connectivity index (χ1) is 7.61. The lowest BCUT2D eigenvalue weighted by Gasteiger charge is -2.18. The van der Waals surface area contributed by atoms with E-state index < -0.39 is 0 Å². The molecule has 16 heavy (non-hydrogen) atoms. The Morgan fingerprint density at radius 3 is 2.81 bits per heavy atom. The summed E-state index contributed by atoms with van der Waals surface area (Å²) in [5.41, 5.74) is 7.15. The number of nitrogens with two attached hydrogens (primary N) is 1. The zero-order valence-electron chi connectivity index (χ0n) is 10.5. The Morgan fingerprint density at radius 1 is 1.50 bits per heavy atom. The zero-order chi connectivity index (χ0) is 11.7. The predicted molar refractivity (Wildman–Crippen MR) is 66.6 cm³/mol. The zero-order valence-corrected chi connectivity index (χ0v) is 10.5. The molecule has 4 heteroatoms. The van der Waals surface area contributed by atoms with Gasteiger partial charge in [-0.15, -0.1) is 0 Å². The van der Waals surface area contributed by atoms with Gasteiger partial charge in [0.1, 0.15) is 0 Å². The molecule has 1 saturated heterocycles. The molecule has 90 valence electrons. The molecular formula is C12H22N4. The molecule has 1 aliphatic rings. The number of rotatable bonds is 3. The maximum Gasteiger partial charge on any atom is 0.205 e. The maximum atomic E-state index is 6.06. The highest BCUT2D eigenvalue weighted by molar-refractivity contribution is 5.36. The average molecular weight is 222 g/mol. The van der Waals surface area contributed by atoms with Gasteiger partial charge in [-0.25, -0.2) is 4.98 Å². The van der Waals surface area contributed by atoms with Crippen LogP contribution < -0.4 is 10.6 Å². The van der Waals surface area contributed by atoms with Crippen molar-refractivity contribution in [2.75, 3.05) is 18.0 Å². The third kappa shape index (κ3) is 2.07. The highest BCUT2D eigenvalue weighted by Gasteiger charge is 2.29. The van der Waals surface area contributed by atoms with Gasteiger partial charge in [0.05, 0.1) is 5.69 Å². The monoisotopic (exact) mass is 222 g/mol. The van der Waals surface area contributed by atoms with E-state index in [0.717, 1.165) is 37.7 Å². The Balaban J connectivity index is 2.20. The van der Waals surface area contributed by atoms with Crippen LogP contribution in [0, 0.1) is 12.8 Å². The third-order valence-electron chi connectivity index (χ3n) is 3.29. The van der Waals surface area contributed by atoms with Gasteiger partial charge in [0.25, 0.3) is 0 Å². The standard InChI is InChI=1S/C12H22N4/c1-4-5-15-7-10(3)14-12(15)16-6-9(2)11(13)8-16/h7,9,11H,4-6,8,13H2,1-3H3. The minimum atomic E-state index is 0.284. The minimum Gasteiger partial charge on any atom is -0.340 e. The third-order valence-corrected chi connectivity index (χ3v) is 3.29. The minimum absolute atomic E-state index is 0.284. The van der Waals surface area contributed by atoms with E-state index in [0.29, 0.717) is 5.92 Å². The second-order valence-corrected chi connectivity index (χ2v) is 4.92. The molecule has 0 aliphatic carbocycles. The number of hydrogen-bond acceptors (Lipinski definition) is 3. The molecule has 0 aromatic carbocycles. The quantitative estimate of drug-likeness (QED) is 0.840. The van der Waals surface area contributed by atoms with Gasteiger partial charge in [0, 0.05) is 31.9 Å². The molecule has 0 radical (unpaired) electrons. The molecule has 2 rings (SSSR count). The summed E-state index contributed by atoms with van der Waals surface area (Å²) in [4.78, 5) is 6.93. The fraction of sp³-hybridized carbons (Fsp3) is 0.750. The summed E-state index contributed by atoms with van der Waals surface area (Å²) in [6, 6.07) is 0.284. The van der Waals surface area contributed by atoms with Gasteiger partial charge in [-0.2, -0.15) is 0 Å². The van der Waals surface area contributed by atoms with Crippen molar-refractivity contribution in [3.63, 3.8) is 0 Å². The summed E-state index contributed by atoms with van der Waals surface area (Å²) in [6.45, 7) is 9.45. The van der Waals surface area contributed by atoms with Crippen LogP contribution in [-0.2, 0) is 6.54 Å². The lowest BCUT2D eigenvalue weighted by Crippen LogP contribution is -2.29. The van der Waals surface area contributed by atoms with Crippen molar-refractivity contribution >= 4 is 5.95 Å². The van der Waals surface area contributed by atoms with Crippen LogP contribution in [0.2, 0.25) is 0 Å². The second-order valence-electron chi connectivity index (χ2n) is 4.92. The highest BCUT2D eigenvalue weighted by atomic mass is 15.3. The molecule has 2 atom stereocenters. The van der Waals surface area contributed by atoms with Gasteiger partial charge in [-0.3, -0.25) is 0 Å². The molecule has 0 saturated carbocycles. The topological polar surface area (TPSA) is 47.1 Å². The van der Waals surface area contributed by atoms with Crippen molar-refractivity contribution in [2.45, 2.75) is 39.8 Å². The summed E-state index contributed by atoms with van der Waals surface area (Å²) >= 11 is 0. The largest absolute Gasteiger partial charge is 0.340 e. The van der Waals surface area contributed by atoms with Crippen LogP contribution in [0.1, 0.15) is 26.0 Å². The molecule has 4 nitrogen and oxygen atoms in total. The van der Waals surface area contributed by atoms with Gasteiger partial charge >= 0.3 is 0 Å². The molecule has 0 bridgehead atoms. The molecule has 0 spiro atoms. The summed E-state index contributed by atoms with van der Waals surface area (Å²) in [5, 5.41) is 0. The smallest absolute Gasteiger partial charge is 0.205 e. The van der Waals surface area contributed by atoms with Crippen molar-refractivity contribution in [1.82, 2.24) is 9.55 Å². The summed E-state index contributed by atoms with van der Waals surface area (Å²) in [5.74, 6) is 1.66. The Morgan fingerprint density at radius 2 is 2.25 bits per heavy atom. The van der Waals surface area contributed by atoms with Crippen LogP contribution in [-0.4, -0.2) is 28.7 Å². The number of hydrogen-bond donors (Lipinski definition) is 1. The molecule has 1 aliphatic heterocycles. The van der Waals surface area contributed by atoms with Crippen molar-refractivity contribution in [3.05, 3.63) is 11.9 Å². The summed E-state index contributed by atoms with van der Waals surface area (Å²) in [6.07, 6.45) is 3.27. The van der Waals surface area contributed by atoms with E-state index in [1.807, 2.05) is 0 Å². The molecule has 0 amide bonds. The molecule has 2 unspecified atom stereocenters. The first-order valence-corrected chi connectivity index (χ1v) is 6.16. The number of imidazole rings is 1. The second kappa shape index (κ2) is 4.45. The summed E-state index contributed by atoms with van der Waals surface area (Å²) < 4.78 is 2.25. The average Bonchev–Trinajstić information content (AvgIpc) is 2.73. The molecule has 1 fully saturated rings. The highest BCUT2D eigenvalue weighted by Crippen LogP contribution is 2.22. The lowest BCUT2D eigenvalue weighted by atomic mass is 10.1. The van der Waals surface area contributed by atoms with E-state index in [2.05, 4.69) is 41.4 Å². The van der Waals surface area contributed by atoms with Crippen LogP contribution >= 0.6 is 0 Å². The van der Waals surface area contributed by atoms with Gasteiger partial charge < -0.3 is 15.2 Å². The number of anilines is 1.